The number of rotatable bonds is 7. The Morgan fingerprint density at radius 3 is 2.77 bits per heavy atom. The summed E-state index contributed by atoms with van der Waals surface area (Å²) in [5.74, 6) is 1.29. The molecule has 0 N–H and O–H groups in total. The van der Waals surface area contributed by atoms with Gasteiger partial charge in [0.15, 0.2) is 0 Å². The molecular weight excluding hydrogens is 196 g/mol. The molecule has 0 aliphatic carbocycles. The molecule has 0 aliphatic heterocycles. The van der Waals surface area contributed by atoms with Crippen molar-refractivity contribution >= 4 is 23.1 Å². The first-order valence-corrected chi connectivity index (χ1v) is 7.01. The number of hydrogen-bond acceptors (Lipinski definition) is 2. The molecule has 0 aliphatic rings. The third-order valence-electron chi connectivity index (χ3n) is 2.01. The van der Waals surface area contributed by atoms with Gasteiger partial charge in [-0.05, 0) is 23.6 Å². The first-order valence-electron chi connectivity index (χ1n) is 5.08. The van der Waals surface area contributed by atoms with Gasteiger partial charge in [-0.25, -0.2) is 0 Å². The molecule has 0 saturated carbocycles. The zero-order chi connectivity index (χ0) is 9.36. The Balaban J connectivity index is 1.90. The molecule has 0 aromatic carbocycles. The van der Waals surface area contributed by atoms with Crippen LogP contribution in [0.25, 0.3) is 0 Å². The third kappa shape index (κ3) is 5.37. The van der Waals surface area contributed by atoms with Crippen LogP contribution in [0.1, 0.15) is 39.0 Å². The monoisotopic (exact) mass is 214 g/mol. The maximum absolute atomic E-state index is 2.26. The molecule has 0 saturated heterocycles. The summed E-state index contributed by atoms with van der Waals surface area (Å²) in [5, 5.41) is 4.39. The topological polar surface area (TPSA) is 0 Å². The van der Waals surface area contributed by atoms with Crippen molar-refractivity contribution < 1.29 is 0 Å². The fraction of sp³-hybridized carbons (Fsp3) is 0.636. The summed E-state index contributed by atoms with van der Waals surface area (Å²) in [7, 11) is 0. The van der Waals surface area contributed by atoms with Gasteiger partial charge in [0.1, 0.15) is 0 Å². The second kappa shape index (κ2) is 7.45. The van der Waals surface area contributed by atoms with Crippen LogP contribution >= 0.6 is 23.1 Å². The van der Waals surface area contributed by atoms with Crippen molar-refractivity contribution in [3.8, 4) is 0 Å². The van der Waals surface area contributed by atoms with E-state index in [-0.39, 0.29) is 0 Å². The van der Waals surface area contributed by atoms with Crippen LogP contribution in [0.15, 0.2) is 21.7 Å². The molecule has 1 heterocycles. The van der Waals surface area contributed by atoms with Gasteiger partial charge in [-0.2, -0.15) is 11.3 Å². The van der Waals surface area contributed by atoms with Crippen LogP contribution in [-0.4, -0.2) is 5.75 Å². The van der Waals surface area contributed by atoms with Gasteiger partial charge >= 0.3 is 0 Å². The largest absolute Gasteiger partial charge is 0.151 e. The zero-order valence-electron chi connectivity index (χ0n) is 8.29. The van der Waals surface area contributed by atoms with Crippen LogP contribution in [-0.2, 0) is 0 Å². The molecule has 0 unspecified atom stereocenters. The highest BCUT2D eigenvalue weighted by atomic mass is 32.2. The van der Waals surface area contributed by atoms with Crippen LogP contribution < -0.4 is 0 Å². The maximum Gasteiger partial charge on any atom is 0.0179 e. The van der Waals surface area contributed by atoms with Gasteiger partial charge in [-0.1, -0.05) is 32.6 Å². The normalized spacial score (nSPS) is 10.5. The summed E-state index contributed by atoms with van der Waals surface area (Å²) in [6.07, 6.45) is 6.95. The van der Waals surface area contributed by atoms with Gasteiger partial charge in [0.05, 0.1) is 0 Å². The van der Waals surface area contributed by atoms with E-state index in [4.69, 9.17) is 0 Å². The van der Waals surface area contributed by atoms with Crippen LogP contribution in [0.2, 0.25) is 0 Å². The second-order valence-corrected chi connectivity index (χ2v) is 5.17. The fourth-order valence-electron chi connectivity index (χ4n) is 1.23. The third-order valence-corrected chi connectivity index (χ3v) is 3.92. The summed E-state index contributed by atoms with van der Waals surface area (Å²) < 4.78 is 0. The van der Waals surface area contributed by atoms with Crippen LogP contribution in [0, 0.1) is 0 Å². The quantitative estimate of drug-likeness (QED) is 0.463. The highest BCUT2D eigenvalue weighted by Crippen LogP contribution is 2.22. The van der Waals surface area contributed by atoms with Crippen LogP contribution in [0.4, 0.5) is 0 Å². The SMILES string of the molecule is CCCCCCCSc1ccsc1. The number of thioether (sulfide) groups is 1. The van der Waals surface area contributed by atoms with Crippen molar-refractivity contribution in [1.29, 1.82) is 0 Å². The summed E-state index contributed by atoms with van der Waals surface area (Å²) in [6, 6.07) is 2.21. The number of unbranched alkanes of at least 4 members (excludes halogenated alkanes) is 4. The summed E-state index contributed by atoms with van der Waals surface area (Å²) >= 11 is 3.79. The highest BCUT2D eigenvalue weighted by Gasteiger charge is 1.93. The summed E-state index contributed by atoms with van der Waals surface area (Å²) in [6.45, 7) is 2.26. The predicted octanol–water partition coefficient (Wildman–Crippen LogP) is 4.81. The molecule has 0 nitrogen and oxygen atoms in total. The molecule has 0 atom stereocenters. The minimum Gasteiger partial charge on any atom is -0.151 e. The lowest BCUT2D eigenvalue weighted by Gasteiger charge is -1.98. The fourth-order valence-corrected chi connectivity index (χ4v) is 3.02. The average molecular weight is 214 g/mol. The van der Waals surface area contributed by atoms with Crippen molar-refractivity contribution in [1.82, 2.24) is 0 Å². The van der Waals surface area contributed by atoms with E-state index >= 15 is 0 Å². The van der Waals surface area contributed by atoms with E-state index in [1.165, 1.54) is 42.8 Å². The second-order valence-electron chi connectivity index (χ2n) is 3.22. The van der Waals surface area contributed by atoms with Gasteiger partial charge in [-0.3, -0.25) is 0 Å². The predicted molar refractivity (Wildman–Crippen MR) is 63.8 cm³/mol. The lowest BCUT2D eigenvalue weighted by molar-refractivity contribution is 0.659. The first-order chi connectivity index (χ1) is 6.43. The van der Waals surface area contributed by atoms with Crippen molar-refractivity contribution in [2.75, 3.05) is 5.75 Å². The summed E-state index contributed by atoms with van der Waals surface area (Å²) in [4.78, 5) is 1.44. The van der Waals surface area contributed by atoms with Crippen molar-refractivity contribution in [2.45, 2.75) is 43.9 Å². The molecule has 74 valence electrons. The van der Waals surface area contributed by atoms with Crippen LogP contribution in [0.5, 0.6) is 0 Å². The van der Waals surface area contributed by atoms with E-state index in [9.17, 15) is 0 Å². The molecular formula is C11H18S2. The van der Waals surface area contributed by atoms with Crippen LogP contribution in [0.3, 0.4) is 0 Å². The molecule has 2 heteroatoms. The van der Waals surface area contributed by atoms with E-state index in [0.29, 0.717) is 0 Å². The van der Waals surface area contributed by atoms with Crippen molar-refractivity contribution in [3.05, 3.63) is 16.8 Å². The Kier molecular flexibility index (Phi) is 6.38. The van der Waals surface area contributed by atoms with Gasteiger partial charge in [0, 0.05) is 10.3 Å². The Bertz CT molecular complexity index is 192. The van der Waals surface area contributed by atoms with Crippen molar-refractivity contribution in [2.24, 2.45) is 0 Å². The van der Waals surface area contributed by atoms with Gasteiger partial charge in [-0.15, -0.1) is 11.8 Å². The minimum absolute atomic E-state index is 1.29. The van der Waals surface area contributed by atoms with Crippen molar-refractivity contribution in [3.63, 3.8) is 0 Å². The Morgan fingerprint density at radius 1 is 1.23 bits per heavy atom. The highest BCUT2D eigenvalue weighted by molar-refractivity contribution is 7.99. The first kappa shape index (κ1) is 11.1. The minimum atomic E-state index is 1.29. The van der Waals surface area contributed by atoms with Gasteiger partial charge in [0.2, 0.25) is 0 Å². The van der Waals surface area contributed by atoms with E-state index < -0.39 is 0 Å². The summed E-state index contributed by atoms with van der Waals surface area (Å²) in [5.41, 5.74) is 0. The van der Waals surface area contributed by atoms with E-state index in [2.05, 4.69) is 23.8 Å². The maximum atomic E-state index is 2.26. The number of thiophene rings is 1. The zero-order valence-corrected chi connectivity index (χ0v) is 9.92. The lowest BCUT2D eigenvalue weighted by atomic mass is 10.2. The lowest BCUT2D eigenvalue weighted by Crippen LogP contribution is -1.80. The Labute approximate surface area is 89.7 Å². The van der Waals surface area contributed by atoms with E-state index in [1.807, 2.05) is 11.8 Å². The molecule has 0 fully saturated rings. The Hall–Kier alpha value is 0.0500. The average Bonchev–Trinajstić information content (AvgIpc) is 2.63. The molecule has 13 heavy (non-hydrogen) atoms. The van der Waals surface area contributed by atoms with E-state index in [1.54, 1.807) is 11.3 Å². The smallest absolute Gasteiger partial charge is 0.0179 e. The Morgan fingerprint density at radius 2 is 2.08 bits per heavy atom. The number of hydrogen-bond donors (Lipinski definition) is 0. The van der Waals surface area contributed by atoms with Gasteiger partial charge in [0.25, 0.3) is 0 Å². The molecule has 1 rings (SSSR count). The molecule has 1 aromatic heterocycles. The molecule has 0 amide bonds. The molecule has 1 aromatic rings. The molecule has 0 spiro atoms. The molecule has 0 radical (unpaired) electrons. The van der Waals surface area contributed by atoms with E-state index in [0.717, 1.165) is 0 Å². The molecule has 0 bridgehead atoms. The standard InChI is InChI=1S/C11H18S2/c1-2-3-4-5-6-8-13-11-7-9-12-10-11/h7,9-10H,2-6,8H2,1H3. The van der Waals surface area contributed by atoms with Gasteiger partial charge < -0.3 is 0 Å².